The van der Waals surface area contributed by atoms with E-state index in [-0.39, 0.29) is 0 Å². The number of carbonyl (C=O) groups is 1. The molecule has 96 valence electrons. The van der Waals surface area contributed by atoms with Crippen LogP contribution in [0.5, 0.6) is 11.5 Å². The molecule has 2 aromatic rings. The van der Waals surface area contributed by atoms with Crippen molar-refractivity contribution in [3.05, 3.63) is 59.2 Å². The molecule has 1 aliphatic rings. The first kappa shape index (κ1) is 11.8. The molecule has 0 aromatic heterocycles. The largest absolute Gasteiger partial charge is 0.493 e. The van der Waals surface area contributed by atoms with E-state index >= 15 is 0 Å². The SMILES string of the molecule is O=Cc1cc(OCc2ccccc2)cc2c1CCO2. The van der Waals surface area contributed by atoms with E-state index in [1.807, 2.05) is 36.4 Å². The Kier molecular flexibility index (Phi) is 3.19. The van der Waals surface area contributed by atoms with Crippen LogP contribution in [0.2, 0.25) is 0 Å². The third kappa shape index (κ3) is 2.45. The molecule has 19 heavy (non-hydrogen) atoms. The van der Waals surface area contributed by atoms with Crippen LogP contribution in [0.4, 0.5) is 0 Å². The van der Waals surface area contributed by atoms with Gasteiger partial charge in [0.05, 0.1) is 6.61 Å². The van der Waals surface area contributed by atoms with Crippen molar-refractivity contribution in [3.63, 3.8) is 0 Å². The van der Waals surface area contributed by atoms with Gasteiger partial charge in [0, 0.05) is 23.6 Å². The Balaban J connectivity index is 1.80. The maximum Gasteiger partial charge on any atom is 0.150 e. The predicted molar refractivity (Wildman–Crippen MR) is 71.8 cm³/mol. The summed E-state index contributed by atoms with van der Waals surface area (Å²) < 4.78 is 11.2. The number of benzene rings is 2. The third-order valence-electron chi connectivity index (χ3n) is 3.20. The Labute approximate surface area is 111 Å². The topological polar surface area (TPSA) is 35.5 Å². The number of aldehydes is 1. The minimum atomic E-state index is 0.484. The first-order chi connectivity index (χ1) is 9.36. The Morgan fingerprint density at radius 3 is 2.84 bits per heavy atom. The number of hydrogen-bond donors (Lipinski definition) is 0. The van der Waals surface area contributed by atoms with E-state index in [1.165, 1.54) is 0 Å². The number of rotatable bonds is 4. The van der Waals surface area contributed by atoms with E-state index in [4.69, 9.17) is 9.47 Å². The van der Waals surface area contributed by atoms with Crippen LogP contribution in [0.25, 0.3) is 0 Å². The zero-order chi connectivity index (χ0) is 13.1. The summed E-state index contributed by atoms with van der Waals surface area (Å²) >= 11 is 0. The molecule has 0 unspecified atom stereocenters. The summed E-state index contributed by atoms with van der Waals surface area (Å²) in [5, 5.41) is 0. The molecule has 1 aliphatic heterocycles. The highest BCUT2D eigenvalue weighted by molar-refractivity contribution is 5.80. The molecule has 0 saturated carbocycles. The van der Waals surface area contributed by atoms with Crippen molar-refractivity contribution in [2.24, 2.45) is 0 Å². The fourth-order valence-electron chi connectivity index (χ4n) is 2.23. The van der Waals surface area contributed by atoms with Crippen molar-refractivity contribution in [1.29, 1.82) is 0 Å². The lowest BCUT2D eigenvalue weighted by Crippen LogP contribution is -1.97. The molecule has 0 atom stereocenters. The van der Waals surface area contributed by atoms with Gasteiger partial charge in [0.1, 0.15) is 18.1 Å². The van der Waals surface area contributed by atoms with E-state index in [9.17, 15) is 4.79 Å². The van der Waals surface area contributed by atoms with Crippen LogP contribution < -0.4 is 9.47 Å². The summed E-state index contributed by atoms with van der Waals surface area (Å²) in [6.07, 6.45) is 1.66. The molecule has 0 radical (unpaired) electrons. The van der Waals surface area contributed by atoms with E-state index < -0.39 is 0 Å². The molecule has 0 spiro atoms. The van der Waals surface area contributed by atoms with Crippen molar-refractivity contribution >= 4 is 6.29 Å². The lowest BCUT2D eigenvalue weighted by molar-refractivity contribution is 0.112. The zero-order valence-corrected chi connectivity index (χ0v) is 10.5. The lowest BCUT2D eigenvalue weighted by atomic mass is 10.1. The highest BCUT2D eigenvalue weighted by Crippen LogP contribution is 2.32. The number of ether oxygens (including phenoxy) is 2. The molecular weight excluding hydrogens is 240 g/mol. The number of hydrogen-bond acceptors (Lipinski definition) is 3. The van der Waals surface area contributed by atoms with E-state index in [0.29, 0.717) is 24.5 Å². The summed E-state index contributed by atoms with van der Waals surface area (Å²) in [5.74, 6) is 1.44. The van der Waals surface area contributed by atoms with Crippen molar-refractivity contribution in [2.75, 3.05) is 6.61 Å². The van der Waals surface area contributed by atoms with E-state index in [2.05, 4.69) is 0 Å². The second-order valence-corrected chi connectivity index (χ2v) is 4.48. The quantitative estimate of drug-likeness (QED) is 0.787. The molecule has 0 saturated heterocycles. The number of fused-ring (bicyclic) bond motifs is 1. The summed E-state index contributed by atoms with van der Waals surface area (Å²) in [5.41, 5.74) is 2.75. The van der Waals surface area contributed by atoms with Crippen LogP contribution >= 0.6 is 0 Å². The molecule has 0 amide bonds. The van der Waals surface area contributed by atoms with E-state index in [1.54, 1.807) is 6.07 Å². The standard InChI is InChI=1S/C16H14O3/c17-10-13-8-14(9-16-15(13)6-7-18-16)19-11-12-4-2-1-3-5-12/h1-5,8-10H,6-7,11H2. The molecule has 3 heteroatoms. The maximum absolute atomic E-state index is 11.1. The van der Waals surface area contributed by atoms with Crippen LogP contribution in [-0.4, -0.2) is 12.9 Å². The molecular formula is C16H14O3. The third-order valence-corrected chi connectivity index (χ3v) is 3.20. The molecule has 0 fully saturated rings. The Morgan fingerprint density at radius 2 is 2.05 bits per heavy atom. The smallest absolute Gasteiger partial charge is 0.150 e. The lowest BCUT2D eigenvalue weighted by Gasteiger charge is -2.09. The van der Waals surface area contributed by atoms with Crippen molar-refractivity contribution < 1.29 is 14.3 Å². The van der Waals surface area contributed by atoms with Crippen LogP contribution in [0.3, 0.4) is 0 Å². The molecule has 3 nitrogen and oxygen atoms in total. The summed E-state index contributed by atoms with van der Waals surface area (Å²) in [7, 11) is 0. The molecule has 3 rings (SSSR count). The zero-order valence-electron chi connectivity index (χ0n) is 10.5. The predicted octanol–water partition coefficient (Wildman–Crippen LogP) is 3.01. The fourth-order valence-corrected chi connectivity index (χ4v) is 2.23. The molecule has 2 aromatic carbocycles. The minimum absolute atomic E-state index is 0.484. The average molecular weight is 254 g/mol. The second-order valence-electron chi connectivity index (χ2n) is 4.48. The Hall–Kier alpha value is -2.29. The van der Waals surface area contributed by atoms with Crippen LogP contribution in [-0.2, 0) is 13.0 Å². The van der Waals surface area contributed by atoms with Gasteiger partial charge in [-0.1, -0.05) is 30.3 Å². The van der Waals surface area contributed by atoms with Gasteiger partial charge in [0.25, 0.3) is 0 Å². The second kappa shape index (κ2) is 5.14. The van der Waals surface area contributed by atoms with Gasteiger partial charge in [-0.25, -0.2) is 0 Å². The van der Waals surface area contributed by atoms with Crippen molar-refractivity contribution in [1.82, 2.24) is 0 Å². The van der Waals surface area contributed by atoms with Gasteiger partial charge in [-0.2, -0.15) is 0 Å². The van der Waals surface area contributed by atoms with Gasteiger partial charge in [-0.15, -0.1) is 0 Å². The number of carbonyl (C=O) groups excluding carboxylic acids is 1. The molecule has 0 bridgehead atoms. The first-order valence-electron chi connectivity index (χ1n) is 6.28. The monoisotopic (exact) mass is 254 g/mol. The van der Waals surface area contributed by atoms with Crippen LogP contribution in [0, 0.1) is 0 Å². The molecule has 0 aliphatic carbocycles. The van der Waals surface area contributed by atoms with Crippen molar-refractivity contribution in [2.45, 2.75) is 13.0 Å². The average Bonchev–Trinajstić information content (AvgIpc) is 2.93. The summed E-state index contributed by atoms with van der Waals surface area (Å²) in [6, 6.07) is 13.6. The highest BCUT2D eigenvalue weighted by atomic mass is 16.5. The highest BCUT2D eigenvalue weighted by Gasteiger charge is 2.17. The fraction of sp³-hybridized carbons (Fsp3) is 0.188. The summed E-state index contributed by atoms with van der Waals surface area (Å²) in [6.45, 7) is 1.12. The van der Waals surface area contributed by atoms with Gasteiger partial charge < -0.3 is 9.47 Å². The first-order valence-corrected chi connectivity index (χ1v) is 6.28. The Morgan fingerprint density at radius 1 is 1.21 bits per heavy atom. The Bertz CT molecular complexity index is 590. The van der Waals surface area contributed by atoms with Gasteiger partial charge in [-0.05, 0) is 11.6 Å². The normalized spacial score (nSPS) is 12.6. The molecule has 0 N–H and O–H groups in total. The maximum atomic E-state index is 11.1. The van der Waals surface area contributed by atoms with Gasteiger partial charge in [0.2, 0.25) is 0 Å². The van der Waals surface area contributed by atoms with Gasteiger partial charge in [-0.3, -0.25) is 4.79 Å². The van der Waals surface area contributed by atoms with Crippen LogP contribution in [0.1, 0.15) is 21.5 Å². The van der Waals surface area contributed by atoms with Gasteiger partial charge in [0.15, 0.2) is 6.29 Å². The van der Waals surface area contributed by atoms with E-state index in [0.717, 1.165) is 29.6 Å². The minimum Gasteiger partial charge on any atom is -0.493 e. The summed E-state index contributed by atoms with van der Waals surface area (Å²) in [4.78, 5) is 11.1. The van der Waals surface area contributed by atoms with Crippen LogP contribution in [0.15, 0.2) is 42.5 Å². The van der Waals surface area contributed by atoms with Gasteiger partial charge >= 0.3 is 0 Å². The molecule has 1 heterocycles. The van der Waals surface area contributed by atoms with Crippen molar-refractivity contribution in [3.8, 4) is 11.5 Å².